The van der Waals surface area contributed by atoms with Gasteiger partial charge in [0.05, 0.1) is 63.9 Å². The first kappa shape index (κ1) is 32.3. The molecule has 10 aromatic rings. The van der Waals surface area contributed by atoms with Gasteiger partial charge in [0, 0.05) is 33.0 Å². The Hall–Kier alpha value is -8.31. The highest BCUT2D eigenvalue weighted by Crippen LogP contribution is 2.41. The summed E-state index contributed by atoms with van der Waals surface area (Å²) in [6.45, 7) is 16.0. The summed E-state index contributed by atoms with van der Waals surface area (Å²) < 4.78 is 4.36. The van der Waals surface area contributed by atoms with Crippen LogP contribution in [0, 0.1) is 24.5 Å². The maximum Gasteiger partial charge on any atom is 0.211 e. The second-order valence-electron chi connectivity index (χ2n) is 13.6. The highest BCUT2D eigenvalue weighted by atomic mass is 15.0. The molecule has 3 aromatic heterocycles. The molecule has 56 heavy (non-hydrogen) atoms. The summed E-state index contributed by atoms with van der Waals surface area (Å²) in [6.07, 6.45) is 0. The molecule has 0 spiro atoms. The monoisotopic (exact) mass is 713 g/mol. The van der Waals surface area contributed by atoms with Crippen LogP contribution in [0.2, 0.25) is 0 Å². The van der Waals surface area contributed by atoms with Crippen LogP contribution in [0.3, 0.4) is 0 Å². The van der Waals surface area contributed by atoms with Crippen LogP contribution >= 0.6 is 0 Å². The normalized spacial score (nSPS) is 11.2. The fourth-order valence-electron chi connectivity index (χ4n) is 7.82. The van der Waals surface area contributed by atoms with Crippen molar-refractivity contribution in [3.63, 3.8) is 0 Å². The fraction of sp³-hybridized carbons (Fsp3) is 0. The van der Waals surface area contributed by atoms with Gasteiger partial charge >= 0.3 is 0 Å². The van der Waals surface area contributed by atoms with Crippen molar-refractivity contribution < 1.29 is 0 Å². The lowest BCUT2D eigenvalue weighted by Crippen LogP contribution is -1.98. The van der Waals surface area contributed by atoms with Crippen molar-refractivity contribution >= 4 is 55.0 Å². The molecule has 0 aliphatic heterocycles. The minimum absolute atomic E-state index is 0.502. The van der Waals surface area contributed by atoms with Gasteiger partial charge in [0.15, 0.2) is 11.5 Å². The Labute approximate surface area is 321 Å². The molecule has 0 amide bonds. The molecule has 3 heterocycles. The van der Waals surface area contributed by atoms with Crippen molar-refractivity contribution in [2.75, 3.05) is 0 Å². The maximum absolute atomic E-state index is 9.70. The molecule has 0 saturated carbocycles. The zero-order chi connectivity index (χ0) is 37.8. The van der Waals surface area contributed by atoms with Gasteiger partial charge in [-0.1, -0.05) is 91.0 Å². The van der Waals surface area contributed by atoms with Crippen LogP contribution < -0.4 is 0 Å². The Morgan fingerprint density at radius 3 is 1.86 bits per heavy atom. The number of nitrogens with zero attached hydrogens (tertiary/aromatic N) is 7. The molecule has 0 saturated heterocycles. The van der Waals surface area contributed by atoms with Crippen molar-refractivity contribution in [1.29, 1.82) is 5.26 Å². The van der Waals surface area contributed by atoms with Crippen molar-refractivity contribution in [3.05, 3.63) is 192 Å². The van der Waals surface area contributed by atoms with Gasteiger partial charge in [-0.05, 0) is 83.7 Å². The Kier molecular flexibility index (Phi) is 7.49. The molecule has 0 N–H and O–H groups in total. The third-order valence-electron chi connectivity index (χ3n) is 10.4. The van der Waals surface area contributed by atoms with Gasteiger partial charge in [-0.25, -0.2) is 19.7 Å². The minimum atomic E-state index is 0.502. The van der Waals surface area contributed by atoms with Gasteiger partial charge in [0.1, 0.15) is 0 Å². The fourth-order valence-corrected chi connectivity index (χ4v) is 7.82. The van der Waals surface area contributed by atoms with E-state index in [2.05, 4.69) is 55.2 Å². The summed E-state index contributed by atoms with van der Waals surface area (Å²) in [4.78, 5) is 17.7. The van der Waals surface area contributed by atoms with Gasteiger partial charge in [0.2, 0.25) is 5.69 Å². The molecule has 0 unspecified atom stereocenters. The SMILES string of the molecule is [C-]#[N+]c1ccc2c(c1)c1cc(C#N)ccc1n2-c1ccc2c(c1)c1ccccc1n2-c1ccc(-c2cc(-c3ccccc3)nc(-c3ccccc3)n2)cc1[N+]#[C-]. The van der Waals surface area contributed by atoms with Crippen molar-refractivity contribution in [2.24, 2.45) is 0 Å². The quantitative estimate of drug-likeness (QED) is 0.167. The average Bonchev–Trinajstić information content (AvgIpc) is 3.78. The molecule has 10 rings (SSSR count). The summed E-state index contributed by atoms with van der Waals surface area (Å²) in [6, 6.07) is 56.4. The summed E-state index contributed by atoms with van der Waals surface area (Å²) in [5.41, 5.74) is 11.5. The lowest BCUT2D eigenvalue weighted by molar-refractivity contribution is 1.16. The molecule has 0 radical (unpaired) electrons. The molecule has 0 bridgehead atoms. The third kappa shape index (κ3) is 5.18. The topological polar surface area (TPSA) is 68.2 Å². The van der Waals surface area contributed by atoms with Crippen molar-refractivity contribution in [2.45, 2.75) is 0 Å². The Bertz CT molecular complexity index is 3210. The highest BCUT2D eigenvalue weighted by Gasteiger charge is 2.20. The first-order chi connectivity index (χ1) is 27.6. The van der Waals surface area contributed by atoms with Crippen LogP contribution in [0.1, 0.15) is 5.56 Å². The molecular weight excluding hydrogens is 687 g/mol. The van der Waals surface area contributed by atoms with Crippen LogP contribution in [0.25, 0.3) is 98.6 Å². The van der Waals surface area contributed by atoms with E-state index in [0.717, 1.165) is 83.1 Å². The molecule has 7 nitrogen and oxygen atoms in total. The van der Waals surface area contributed by atoms with E-state index in [1.807, 2.05) is 133 Å². The number of hydrogen-bond donors (Lipinski definition) is 0. The first-order valence-electron chi connectivity index (χ1n) is 18.0. The number of hydrogen-bond acceptors (Lipinski definition) is 3. The summed E-state index contributed by atoms with van der Waals surface area (Å²) in [7, 11) is 0. The molecule has 258 valence electrons. The zero-order valence-electron chi connectivity index (χ0n) is 29.7. The van der Waals surface area contributed by atoms with E-state index < -0.39 is 0 Å². The van der Waals surface area contributed by atoms with Gasteiger partial charge < -0.3 is 9.13 Å². The van der Waals surface area contributed by atoms with Gasteiger partial charge in [-0.15, -0.1) is 0 Å². The van der Waals surface area contributed by atoms with E-state index in [-0.39, 0.29) is 0 Å². The van der Waals surface area contributed by atoms with Crippen LogP contribution in [0.4, 0.5) is 11.4 Å². The van der Waals surface area contributed by atoms with Crippen molar-refractivity contribution in [1.82, 2.24) is 19.1 Å². The lowest BCUT2D eigenvalue weighted by Gasteiger charge is -2.14. The highest BCUT2D eigenvalue weighted by molar-refractivity contribution is 6.13. The van der Waals surface area contributed by atoms with Crippen LogP contribution in [-0.4, -0.2) is 19.1 Å². The number of benzene rings is 7. The van der Waals surface area contributed by atoms with E-state index >= 15 is 0 Å². The number of fused-ring (bicyclic) bond motifs is 6. The maximum atomic E-state index is 9.70. The molecule has 0 aliphatic rings. The molecule has 0 atom stereocenters. The summed E-state index contributed by atoms with van der Waals surface area (Å²) in [5.74, 6) is 0.620. The van der Waals surface area contributed by atoms with Crippen LogP contribution in [0.15, 0.2) is 164 Å². The smallest absolute Gasteiger partial charge is 0.211 e. The molecule has 7 aromatic carbocycles. The van der Waals surface area contributed by atoms with Crippen LogP contribution in [0.5, 0.6) is 0 Å². The molecule has 7 heteroatoms. The Morgan fingerprint density at radius 2 is 1.11 bits per heavy atom. The third-order valence-corrected chi connectivity index (χ3v) is 10.4. The van der Waals surface area contributed by atoms with E-state index in [4.69, 9.17) is 23.1 Å². The zero-order valence-corrected chi connectivity index (χ0v) is 29.7. The number of para-hydroxylation sites is 1. The number of rotatable bonds is 5. The average molecular weight is 714 g/mol. The predicted molar refractivity (Wildman–Crippen MR) is 224 cm³/mol. The van der Waals surface area contributed by atoms with E-state index in [1.54, 1.807) is 0 Å². The largest absolute Gasteiger partial charge is 0.319 e. The minimum Gasteiger partial charge on any atom is -0.319 e. The molecular formula is C49H27N7. The van der Waals surface area contributed by atoms with Gasteiger partial charge in [-0.3, -0.25) is 0 Å². The number of nitriles is 1. The summed E-state index contributed by atoms with van der Waals surface area (Å²) >= 11 is 0. The standard InChI is InChI=1S/C49H27N7/c1-51-35-19-23-46-39(27-35)38-25-31(30-50)17-21-45(38)55(46)36-20-24-47-40(28-36)37-15-9-10-16-44(37)56(47)48-22-18-34(26-43(48)52-2)42-29-41(32-11-5-3-6-12-32)53-49(54-42)33-13-7-4-8-14-33/h3-29H. The van der Waals surface area contributed by atoms with Crippen molar-refractivity contribution in [3.8, 4) is 51.3 Å². The number of aromatic nitrogens is 4. The Balaban J connectivity index is 1.15. The molecule has 0 fully saturated rings. The van der Waals surface area contributed by atoms with E-state index in [1.165, 1.54) is 0 Å². The van der Waals surface area contributed by atoms with Gasteiger partial charge in [0.25, 0.3) is 0 Å². The summed E-state index contributed by atoms with van der Waals surface area (Å²) in [5, 5.41) is 13.6. The lowest BCUT2D eigenvalue weighted by atomic mass is 10.1. The van der Waals surface area contributed by atoms with E-state index in [0.29, 0.717) is 22.8 Å². The first-order valence-corrected chi connectivity index (χ1v) is 18.0. The molecule has 0 aliphatic carbocycles. The Morgan fingerprint density at radius 1 is 0.482 bits per heavy atom. The van der Waals surface area contributed by atoms with Crippen LogP contribution in [-0.2, 0) is 0 Å². The predicted octanol–water partition coefficient (Wildman–Crippen LogP) is 12.6. The second kappa shape index (κ2) is 13.0. The van der Waals surface area contributed by atoms with E-state index in [9.17, 15) is 5.26 Å². The van der Waals surface area contributed by atoms with Gasteiger partial charge in [-0.2, -0.15) is 5.26 Å². The second-order valence-corrected chi connectivity index (χ2v) is 13.6.